The lowest BCUT2D eigenvalue weighted by Crippen LogP contribution is -2.48. The summed E-state index contributed by atoms with van der Waals surface area (Å²) in [5.74, 6) is -0.328. The van der Waals surface area contributed by atoms with E-state index < -0.39 is 0 Å². The number of benzene rings is 1. The van der Waals surface area contributed by atoms with Gasteiger partial charge < -0.3 is 15.0 Å². The van der Waals surface area contributed by atoms with Gasteiger partial charge in [-0.2, -0.15) is 0 Å². The Balaban J connectivity index is 2.17. The van der Waals surface area contributed by atoms with Crippen molar-refractivity contribution in [1.82, 2.24) is 5.32 Å². The maximum atomic E-state index is 11.6. The van der Waals surface area contributed by atoms with Gasteiger partial charge in [0.05, 0.1) is 19.2 Å². The number of ether oxygens (including phenoxy) is 1. The Hall–Kier alpha value is -1.88. The zero-order valence-electron chi connectivity index (χ0n) is 9.60. The Bertz CT molecular complexity index is 428. The molecular formula is C12H14N2O3. The molecule has 0 atom stereocenters. The fourth-order valence-corrected chi connectivity index (χ4v) is 1.77. The summed E-state index contributed by atoms with van der Waals surface area (Å²) in [6.45, 7) is 1.79. The molecule has 0 bridgehead atoms. The van der Waals surface area contributed by atoms with E-state index in [2.05, 4.69) is 10.1 Å². The molecule has 0 saturated carbocycles. The summed E-state index contributed by atoms with van der Waals surface area (Å²) < 4.78 is 4.61. The standard InChI is InChI=1S/C12H14N2O3/c1-17-12(16)9-2-4-10(5-3-9)14-7-6-13-8-11(14)15/h2-5,13H,6-8H2,1H3. The minimum atomic E-state index is -0.372. The number of methoxy groups -OCH3 is 1. The number of hydrogen-bond donors (Lipinski definition) is 1. The van der Waals surface area contributed by atoms with Crippen LogP contribution in [-0.4, -0.2) is 38.6 Å². The van der Waals surface area contributed by atoms with Crippen LogP contribution in [-0.2, 0) is 9.53 Å². The zero-order chi connectivity index (χ0) is 12.3. The highest BCUT2D eigenvalue weighted by molar-refractivity contribution is 5.96. The van der Waals surface area contributed by atoms with Crippen LogP contribution in [0, 0.1) is 0 Å². The summed E-state index contributed by atoms with van der Waals surface area (Å²) in [6.07, 6.45) is 0. The summed E-state index contributed by atoms with van der Waals surface area (Å²) in [4.78, 5) is 24.6. The molecule has 1 aromatic carbocycles. The SMILES string of the molecule is COC(=O)c1ccc(N2CCNCC2=O)cc1. The molecule has 5 nitrogen and oxygen atoms in total. The topological polar surface area (TPSA) is 58.6 Å². The van der Waals surface area contributed by atoms with E-state index in [-0.39, 0.29) is 11.9 Å². The number of carbonyl (C=O) groups is 2. The van der Waals surface area contributed by atoms with Crippen molar-refractivity contribution >= 4 is 17.6 Å². The third-order valence-electron chi connectivity index (χ3n) is 2.69. The first kappa shape index (κ1) is 11.6. The van der Waals surface area contributed by atoms with Crippen molar-refractivity contribution in [1.29, 1.82) is 0 Å². The number of hydrogen-bond acceptors (Lipinski definition) is 4. The van der Waals surface area contributed by atoms with Crippen LogP contribution >= 0.6 is 0 Å². The van der Waals surface area contributed by atoms with Crippen LogP contribution in [0.3, 0.4) is 0 Å². The van der Waals surface area contributed by atoms with E-state index in [4.69, 9.17) is 0 Å². The first-order valence-electron chi connectivity index (χ1n) is 5.42. The van der Waals surface area contributed by atoms with Gasteiger partial charge in [0.25, 0.3) is 0 Å². The highest BCUT2D eigenvalue weighted by Crippen LogP contribution is 2.16. The molecule has 5 heteroatoms. The summed E-state index contributed by atoms with van der Waals surface area (Å²) in [5, 5.41) is 3.01. The van der Waals surface area contributed by atoms with Crippen LogP contribution < -0.4 is 10.2 Å². The summed E-state index contributed by atoms with van der Waals surface area (Å²) >= 11 is 0. The molecule has 2 rings (SSSR count). The quantitative estimate of drug-likeness (QED) is 0.753. The molecule has 1 aliphatic heterocycles. The van der Waals surface area contributed by atoms with Crippen molar-refractivity contribution in [2.45, 2.75) is 0 Å². The van der Waals surface area contributed by atoms with Crippen molar-refractivity contribution in [3.63, 3.8) is 0 Å². The molecule has 1 aromatic rings. The highest BCUT2D eigenvalue weighted by atomic mass is 16.5. The predicted molar refractivity (Wildman–Crippen MR) is 63.0 cm³/mol. The molecule has 0 radical (unpaired) electrons. The van der Waals surface area contributed by atoms with Gasteiger partial charge in [-0.25, -0.2) is 4.79 Å². The van der Waals surface area contributed by atoms with E-state index in [0.29, 0.717) is 18.7 Å². The van der Waals surface area contributed by atoms with Crippen molar-refractivity contribution in [3.05, 3.63) is 29.8 Å². The van der Waals surface area contributed by atoms with Gasteiger partial charge in [0.2, 0.25) is 5.91 Å². The molecule has 0 unspecified atom stereocenters. The Labute approximate surface area is 99.4 Å². The van der Waals surface area contributed by atoms with Gasteiger partial charge in [-0.1, -0.05) is 0 Å². The fourth-order valence-electron chi connectivity index (χ4n) is 1.77. The van der Waals surface area contributed by atoms with Crippen LogP contribution in [0.25, 0.3) is 0 Å². The van der Waals surface area contributed by atoms with E-state index in [1.165, 1.54) is 7.11 Å². The minimum Gasteiger partial charge on any atom is -0.465 e. The van der Waals surface area contributed by atoms with Crippen LogP contribution in [0.2, 0.25) is 0 Å². The molecule has 17 heavy (non-hydrogen) atoms. The average Bonchev–Trinajstić information content (AvgIpc) is 2.39. The Morgan fingerprint density at radius 2 is 2.06 bits per heavy atom. The fraction of sp³-hybridized carbons (Fsp3) is 0.333. The van der Waals surface area contributed by atoms with Gasteiger partial charge in [-0.3, -0.25) is 4.79 Å². The Kier molecular flexibility index (Phi) is 3.39. The lowest BCUT2D eigenvalue weighted by atomic mass is 10.2. The smallest absolute Gasteiger partial charge is 0.337 e. The molecule has 0 spiro atoms. The molecule has 1 amide bonds. The van der Waals surface area contributed by atoms with E-state index in [1.807, 2.05) is 0 Å². The van der Waals surface area contributed by atoms with E-state index in [1.54, 1.807) is 29.2 Å². The number of amides is 1. The van der Waals surface area contributed by atoms with E-state index in [9.17, 15) is 9.59 Å². The van der Waals surface area contributed by atoms with Gasteiger partial charge in [0.1, 0.15) is 0 Å². The van der Waals surface area contributed by atoms with Crippen LogP contribution in [0.5, 0.6) is 0 Å². The number of piperazine rings is 1. The van der Waals surface area contributed by atoms with Crippen molar-refractivity contribution in [3.8, 4) is 0 Å². The second-order valence-corrected chi connectivity index (χ2v) is 3.76. The monoisotopic (exact) mass is 234 g/mol. The second-order valence-electron chi connectivity index (χ2n) is 3.76. The molecule has 1 heterocycles. The molecule has 1 aliphatic rings. The minimum absolute atomic E-state index is 0.0436. The largest absolute Gasteiger partial charge is 0.465 e. The van der Waals surface area contributed by atoms with Crippen LogP contribution in [0.4, 0.5) is 5.69 Å². The third kappa shape index (κ3) is 2.45. The Morgan fingerprint density at radius 3 is 2.65 bits per heavy atom. The maximum Gasteiger partial charge on any atom is 0.337 e. The highest BCUT2D eigenvalue weighted by Gasteiger charge is 2.19. The molecule has 1 fully saturated rings. The zero-order valence-corrected chi connectivity index (χ0v) is 9.60. The normalized spacial score (nSPS) is 15.8. The van der Waals surface area contributed by atoms with Crippen LogP contribution in [0.1, 0.15) is 10.4 Å². The molecular weight excluding hydrogens is 220 g/mol. The number of nitrogens with one attached hydrogen (secondary N) is 1. The van der Waals surface area contributed by atoms with Crippen molar-refractivity contribution < 1.29 is 14.3 Å². The van der Waals surface area contributed by atoms with Gasteiger partial charge >= 0.3 is 5.97 Å². The maximum absolute atomic E-state index is 11.6. The molecule has 1 N–H and O–H groups in total. The average molecular weight is 234 g/mol. The van der Waals surface area contributed by atoms with Crippen molar-refractivity contribution in [2.24, 2.45) is 0 Å². The molecule has 1 saturated heterocycles. The summed E-state index contributed by atoms with van der Waals surface area (Å²) in [7, 11) is 1.34. The van der Waals surface area contributed by atoms with E-state index in [0.717, 1.165) is 12.2 Å². The number of nitrogens with zero attached hydrogens (tertiary/aromatic N) is 1. The number of anilines is 1. The van der Waals surface area contributed by atoms with Gasteiger partial charge in [-0.15, -0.1) is 0 Å². The second kappa shape index (κ2) is 4.97. The number of rotatable bonds is 2. The lowest BCUT2D eigenvalue weighted by molar-refractivity contribution is -0.118. The van der Waals surface area contributed by atoms with Gasteiger partial charge in [0, 0.05) is 18.8 Å². The van der Waals surface area contributed by atoms with Crippen molar-refractivity contribution in [2.75, 3.05) is 31.6 Å². The number of esters is 1. The first-order valence-corrected chi connectivity index (χ1v) is 5.42. The predicted octanol–water partition coefficient (Wildman–Crippen LogP) is 0.409. The third-order valence-corrected chi connectivity index (χ3v) is 2.69. The van der Waals surface area contributed by atoms with Gasteiger partial charge in [-0.05, 0) is 24.3 Å². The van der Waals surface area contributed by atoms with E-state index >= 15 is 0 Å². The lowest BCUT2D eigenvalue weighted by Gasteiger charge is -2.27. The summed E-state index contributed by atoms with van der Waals surface area (Å²) in [6, 6.07) is 6.85. The Morgan fingerprint density at radius 1 is 1.35 bits per heavy atom. The molecule has 0 aliphatic carbocycles. The molecule has 0 aromatic heterocycles. The summed E-state index contributed by atoms with van der Waals surface area (Å²) in [5.41, 5.74) is 1.29. The van der Waals surface area contributed by atoms with Gasteiger partial charge in [0.15, 0.2) is 0 Å². The first-order chi connectivity index (χ1) is 8.22. The molecule has 90 valence electrons. The number of carbonyl (C=O) groups excluding carboxylic acids is 2. The van der Waals surface area contributed by atoms with Crippen LogP contribution in [0.15, 0.2) is 24.3 Å².